The summed E-state index contributed by atoms with van der Waals surface area (Å²) < 4.78 is 2.30. The van der Waals surface area contributed by atoms with E-state index in [0.717, 1.165) is 20.6 Å². The van der Waals surface area contributed by atoms with E-state index >= 15 is 0 Å². The number of hydrogen-bond donors (Lipinski definition) is 1. The Bertz CT molecular complexity index is 1350. The van der Waals surface area contributed by atoms with E-state index in [9.17, 15) is 14.4 Å². The number of fused-ring (bicyclic) bond motifs is 1. The third-order valence-electron chi connectivity index (χ3n) is 5.07. The summed E-state index contributed by atoms with van der Waals surface area (Å²) in [5, 5.41) is 5.23. The highest BCUT2D eigenvalue weighted by Crippen LogP contribution is 2.27. The molecule has 4 rings (SSSR count). The fourth-order valence-corrected chi connectivity index (χ4v) is 4.14. The summed E-state index contributed by atoms with van der Waals surface area (Å²) in [4.78, 5) is 42.9. The van der Waals surface area contributed by atoms with Crippen LogP contribution in [0.2, 0.25) is 0 Å². The Hall–Kier alpha value is -3.52. The quantitative estimate of drug-likeness (QED) is 0.550. The summed E-state index contributed by atoms with van der Waals surface area (Å²) in [6.45, 7) is 2.01. The molecule has 0 aliphatic carbocycles. The molecule has 0 fully saturated rings. The zero-order valence-electron chi connectivity index (χ0n) is 16.7. The zero-order valence-corrected chi connectivity index (χ0v) is 17.6. The maximum absolute atomic E-state index is 13.1. The molecule has 152 valence electrons. The fourth-order valence-electron chi connectivity index (χ4n) is 3.34. The minimum Gasteiger partial charge on any atom is -0.340 e. The van der Waals surface area contributed by atoms with E-state index in [1.165, 1.54) is 23.9 Å². The molecule has 1 atom stereocenters. The second-order valence-electron chi connectivity index (χ2n) is 7.13. The van der Waals surface area contributed by atoms with Crippen LogP contribution in [-0.4, -0.2) is 20.0 Å². The molecule has 1 aromatic carbocycles. The number of hydrogen-bond acceptors (Lipinski definition) is 5. The molecule has 8 heteroatoms. The van der Waals surface area contributed by atoms with Gasteiger partial charge < -0.3 is 5.32 Å². The summed E-state index contributed by atoms with van der Waals surface area (Å²) in [6, 6.07) is 13.1. The lowest BCUT2D eigenvalue weighted by Crippen LogP contribution is -2.37. The summed E-state index contributed by atoms with van der Waals surface area (Å²) >= 11 is 1.56. The highest BCUT2D eigenvalue weighted by Gasteiger charge is 2.20. The second-order valence-corrected chi connectivity index (χ2v) is 8.11. The van der Waals surface area contributed by atoms with Crippen LogP contribution in [0.15, 0.2) is 63.6 Å². The van der Waals surface area contributed by atoms with Gasteiger partial charge in [-0.3, -0.25) is 18.7 Å². The van der Waals surface area contributed by atoms with Crippen LogP contribution in [-0.2, 0) is 14.1 Å². The van der Waals surface area contributed by atoms with Gasteiger partial charge in [-0.1, -0.05) is 35.9 Å². The van der Waals surface area contributed by atoms with Crippen LogP contribution in [0.25, 0.3) is 11.0 Å². The van der Waals surface area contributed by atoms with Gasteiger partial charge in [0, 0.05) is 25.2 Å². The van der Waals surface area contributed by atoms with Gasteiger partial charge in [-0.05, 0) is 30.0 Å². The summed E-state index contributed by atoms with van der Waals surface area (Å²) in [5.41, 5.74) is 1.65. The van der Waals surface area contributed by atoms with E-state index in [1.54, 1.807) is 18.4 Å². The topological polar surface area (TPSA) is 86.0 Å². The summed E-state index contributed by atoms with van der Waals surface area (Å²) in [6.07, 6.45) is 1.39. The van der Waals surface area contributed by atoms with E-state index in [4.69, 9.17) is 0 Å². The van der Waals surface area contributed by atoms with Gasteiger partial charge in [-0.25, -0.2) is 9.78 Å². The number of amides is 1. The van der Waals surface area contributed by atoms with E-state index in [-0.39, 0.29) is 28.5 Å². The van der Waals surface area contributed by atoms with Gasteiger partial charge in [0.15, 0.2) is 0 Å². The van der Waals surface area contributed by atoms with Crippen LogP contribution < -0.4 is 16.6 Å². The maximum atomic E-state index is 13.1. The van der Waals surface area contributed by atoms with E-state index in [2.05, 4.69) is 10.3 Å². The first-order chi connectivity index (χ1) is 14.4. The van der Waals surface area contributed by atoms with Crippen molar-refractivity contribution in [2.24, 2.45) is 14.1 Å². The molecule has 0 saturated carbocycles. The molecule has 0 aliphatic heterocycles. The molecule has 0 spiro atoms. The second kappa shape index (κ2) is 7.72. The molecule has 0 saturated heterocycles. The molecular weight excluding hydrogens is 400 g/mol. The minimum atomic E-state index is -0.483. The van der Waals surface area contributed by atoms with Gasteiger partial charge in [0.05, 0.1) is 17.0 Å². The monoisotopic (exact) mass is 420 g/mol. The number of thiophene rings is 1. The van der Waals surface area contributed by atoms with Gasteiger partial charge in [0.2, 0.25) is 0 Å². The Labute approximate surface area is 176 Å². The number of benzene rings is 1. The molecule has 0 radical (unpaired) electrons. The molecule has 0 aliphatic rings. The third kappa shape index (κ3) is 3.46. The lowest BCUT2D eigenvalue weighted by atomic mass is 10.0. The molecule has 0 bridgehead atoms. The Balaban J connectivity index is 1.74. The number of carbonyl (C=O) groups excluding carboxylic acids is 1. The molecule has 4 aromatic rings. The third-order valence-corrected chi connectivity index (χ3v) is 6.01. The zero-order chi connectivity index (χ0) is 21.4. The number of nitrogens with zero attached hydrogens (tertiary/aromatic N) is 3. The largest absolute Gasteiger partial charge is 0.340 e. The van der Waals surface area contributed by atoms with E-state index in [0.29, 0.717) is 0 Å². The molecular formula is C22H20N4O3S. The van der Waals surface area contributed by atoms with Crippen molar-refractivity contribution in [1.82, 2.24) is 19.4 Å². The smallest absolute Gasteiger partial charge is 0.332 e. The predicted octanol–water partition coefficient (Wildman–Crippen LogP) is 2.52. The highest BCUT2D eigenvalue weighted by atomic mass is 32.1. The van der Waals surface area contributed by atoms with Crippen LogP contribution in [0.1, 0.15) is 32.4 Å². The predicted molar refractivity (Wildman–Crippen MR) is 117 cm³/mol. The normalized spacial score (nSPS) is 12.1. The lowest BCUT2D eigenvalue weighted by molar-refractivity contribution is 0.0943. The molecule has 1 unspecified atom stereocenters. The lowest BCUT2D eigenvalue weighted by Gasteiger charge is -2.18. The van der Waals surface area contributed by atoms with Crippen molar-refractivity contribution >= 4 is 28.3 Å². The van der Waals surface area contributed by atoms with Crippen LogP contribution in [0.5, 0.6) is 0 Å². The van der Waals surface area contributed by atoms with Crippen LogP contribution in [0, 0.1) is 6.92 Å². The van der Waals surface area contributed by atoms with E-state index in [1.807, 2.05) is 48.7 Å². The van der Waals surface area contributed by atoms with Crippen molar-refractivity contribution in [2.75, 3.05) is 0 Å². The molecule has 1 N–H and O–H groups in total. The van der Waals surface area contributed by atoms with Gasteiger partial charge in [-0.15, -0.1) is 11.3 Å². The van der Waals surface area contributed by atoms with Crippen LogP contribution >= 0.6 is 11.3 Å². The number of carbonyl (C=O) groups is 1. The SMILES string of the molecule is Cc1ccc(C(NC(=O)c2cnc3c(c2)c(=O)n(C)c(=O)n3C)c2cccs2)cc1. The molecule has 1 amide bonds. The number of nitrogens with one attached hydrogen (secondary N) is 1. The first kappa shape index (κ1) is 19.8. The van der Waals surface area contributed by atoms with Crippen molar-refractivity contribution in [1.29, 1.82) is 0 Å². The molecule has 3 heterocycles. The van der Waals surface area contributed by atoms with Crippen molar-refractivity contribution in [3.05, 3.63) is 96.4 Å². The number of rotatable bonds is 4. The van der Waals surface area contributed by atoms with Crippen molar-refractivity contribution in [2.45, 2.75) is 13.0 Å². The van der Waals surface area contributed by atoms with Gasteiger partial charge in [0.1, 0.15) is 5.65 Å². The molecule has 7 nitrogen and oxygen atoms in total. The number of aromatic nitrogens is 3. The van der Waals surface area contributed by atoms with Crippen LogP contribution in [0.3, 0.4) is 0 Å². The Kier molecular flexibility index (Phi) is 5.09. The van der Waals surface area contributed by atoms with Gasteiger partial charge in [0.25, 0.3) is 11.5 Å². The molecule has 30 heavy (non-hydrogen) atoms. The van der Waals surface area contributed by atoms with Gasteiger partial charge in [-0.2, -0.15) is 0 Å². The number of aryl methyl sites for hydroxylation is 2. The fraction of sp³-hybridized carbons (Fsp3) is 0.182. The first-order valence-corrected chi connectivity index (χ1v) is 10.2. The van der Waals surface area contributed by atoms with E-state index < -0.39 is 11.2 Å². The Morgan fingerprint density at radius 1 is 1.10 bits per heavy atom. The van der Waals surface area contributed by atoms with Crippen LogP contribution in [0.4, 0.5) is 0 Å². The molecule has 3 aromatic heterocycles. The van der Waals surface area contributed by atoms with Crippen molar-refractivity contribution in [3.8, 4) is 0 Å². The van der Waals surface area contributed by atoms with Crippen molar-refractivity contribution < 1.29 is 4.79 Å². The standard InChI is InChI=1S/C22H20N4O3S/c1-13-6-8-14(9-7-13)18(17-5-4-10-30-17)24-20(27)15-11-16-19(23-12-15)25(2)22(29)26(3)21(16)28/h4-12,18H,1-3H3,(H,24,27). The highest BCUT2D eigenvalue weighted by molar-refractivity contribution is 7.10. The Morgan fingerprint density at radius 3 is 2.50 bits per heavy atom. The summed E-state index contributed by atoms with van der Waals surface area (Å²) in [7, 11) is 2.95. The first-order valence-electron chi connectivity index (χ1n) is 9.33. The maximum Gasteiger partial charge on any atom is 0.332 e. The van der Waals surface area contributed by atoms with Gasteiger partial charge >= 0.3 is 5.69 Å². The average Bonchev–Trinajstić information content (AvgIpc) is 3.29. The van der Waals surface area contributed by atoms with Crippen molar-refractivity contribution in [3.63, 3.8) is 0 Å². The summed E-state index contributed by atoms with van der Waals surface area (Å²) in [5.74, 6) is -0.348. The minimum absolute atomic E-state index is 0.218. The Morgan fingerprint density at radius 2 is 1.83 bits per heavy atom. The average molecular weight is 420 g/mol. The number of pyridine rings is 1.